The third-order valence-corrected chi connectivity index (χ3v) is 2.02. The van der Waals surface area contributed by atoms with E-state index in [0.717, 1.165) is 0 Å². The van der Waals surface area contributed by atoms with Gasteiger partial charge in [0.05, 0.1) is 0 Å². The first-order chi connectivity index (χ1) is 7.57. The van der Waals surface area contributed by atoms with Crippen LogP contribution in [-0.2, 0) is 4.79 Å². The van der Waals surface area contributed by atoms with Crippen LogP contribution in [0.15, 0.2) is 35.9 Å². The number of hydrogen-bond donors (Lipinski definition) is 1. The summed E-state index contributed by atoms with van der Waals surface area (Å²) in [6.07, 6.45) is 0. The molecule has 16 heavy (non-hydrogen) atoms. The van der Waals surface area contributed by atoms with Gasteiger partial charge in [-0.3, -0.25) is 4.79 Å². The van der Waals surface area contributed by atoms with Crippen LogP contribution in [0.25, 0.3) is 5.76 Å². The summed E-state index contributed by atoms with van der Waals surface area (Å²) in [7, 11) is 3.05. The van der Waals surface area contributed by atoms with E-state index in [4.69, 9.17) is 5.26 Å². The van der Waals surface area contributed by atoms with Gasteiger partial charge in [0.2, 0.25) is 0 Å². The fraction of sp³-hybridized carbons (Fsp3) is 0.167. The van der Waals surface area contributed by atoms with Gasteiger partial charge in [0.15, 0.2) is 5.57 Å². The minimum atomic E-state index is -0.510. The van der Waals surface area contributed by atoms with E-state index in [1.165, 1.54) is 19.0 Å². The number of rotatable bonds is 2. The van der Waals surface area contributed by atoms with E-state index < -0.39 is 5.91 Å². The summed E-state index contributed by atoms with van der Waals surface area (Å²) in [6.45, 7) is 0. The number of nitriles is 1. The molecule has 4 heteroatoms. The topological polar surface area (TPSA) is 64.3 Å². The SMILES string of the molecule is CN(C)C(=O)C(C#N)=C(O)c1ccccc1. The van der Waals surface area contributed by atoms with Crippen molar-refractivity contribution in [3.63, 3.8) is 0 Å². The van der Waals surface area contributed by atoms with Crippen LogP contribution in [-0.4, -0.2) is 30.0 Å². The molecule has 1 aromatic carbocycles. The van der Waals surface area contributed by atoms with Crippen molar-refractivity contribution in [1.29, 1.82) is 5.26 Å². The molecule has 4 nitrogen and oxygen atoms in total. The van der Waals surface area contributed by atoms with Crippen molar-refractivity contribution >= 4 is 11.7 Å². The normalized spacial score (nSPS) is 11.3. The van der Waals surface area contributed by atoms with Crippen LogP contribution in [0.1, 0.15) is 5.56 Å². The Morgan fingerprint density at radius 1 is 1.31 bits per heavy atom. The minimum absolute atomic E-state index is 0.254. The van der Waals surface area contributed by atoms with E-state index in [0.29, 0.717) is 5.56 Å². The maximum atomic E-state index is 11.6. The van der Waals surface area contributed by atoms with E-state index in [-0.39, 0.29) is 11.3 Å². The first-order valence-corrected chi connectivity index (χ1v) is 4.68. The number of amides is 1. The summed E-state index contributed by atoms with van der Waals surface area (Å²) in [6, 6.07) is 10.2. The Labute approximate surface area is 94.0 Å². The van der Waals surface area contributed by atoms with Crippen molar-refractivity contribution in [3.8, 4) is 6.07 Å². The predicted molar refractivity (Wildman–Crippen MR) is 60.3 cm³/mol. The fourth-order valence-corrected chi connectivity index (χ4v) is 1.17. The molecule has 0 spiro atoms. The lowest BCUT2D eigenvalue weighted by Crippen LogP contribution is -2.23. The summed E-state index contributed by atoms with van der Waals surface area (Å²) in [4.78, 5) is 12.8. The Hall–Kier alpha value is -2.28. The van der Waals surface area contributed by atoms with Crippen LogP contribution in [0.5, 0.6) is 0 Å². The third kappa shape index (κ3) is 2.39. The van der Waals surface area contributed by atoms with E-state index in [1.54, 1.807) is 36.4 Å². The molecule has 1 N–H and O–H groups in total. The number of likely N-dealkylation sites (N-methyl/N-ethyl adjacent to an activating group) is 1. The smallest absolute Gasteiger partial charge is 0.267 e. The number of carbonyl (C=O) groups is 1. The number of carbonyl (C=O) groups excluding carboxylic acids is 1. The van der Waals surface area contributed by atoms with Gasteiger partial charge in [-0.15, -0.1) is 0 Å². The number of aliphatic hydroxyl groups is 1. The van der Waals surface area contributed by atoms with Crippen LogP contribution in [0.2, 0.25) is 0 Å². The third-order valence-electron chi connectivity index (χ3n) is 2.02. The maximum Gasteiger partial charge on any atom is 0.267 e. The van der Waals surface area contributed by atoms with Crippen molar-refractivity contribution in [2.45, 2.75) is 0 Å². The second-order valence-corrected chi connectivity index (χ2v) is 3.40. The first kappa shape index (κ1) is 11.8. The van der Waals surface area contributed by atoms with Gasteiger partial charge >= 0.3 is 0 Å². The van der Waals surface area contributed by atoms with E-state index >= 15 is 0 Å². The Morgan fingerprint density at radius 2 is 1.88 bits per heavy atom. The van der Waals surface area contributed by atoms with Gasteiger partial charge in [-0.2, -0.15) is 5.26 Å². The van der Waals surface area contributed by atoms with E-state index in [9.17, 15) is 9.90 Å². The Kier molecular flexibility index (Phi) is 3.67. The molecular formula is C12H12N2O2. The lowest BCUT2D eigenvalue weighted by atomic mass is 10.1. The maximum absolute atomic E-state index is 11.6. The molecule has 1 rings (SSSR count). The Balaban J connectivity index is 3.22. The molecule has 0 aliphatic rings. The van der Waals surface area contributed by atoms with Gasteiger partial charge in [-0.05, 0) is 0 Å². The average Bonchev–Trinajstić information content (AvgIpc) is 2.30. The van der Waals surface area contributed by atoms with Crippen molar-refractivity contribution < 1.29 is 9.90 Å². The molecule has 1 aromatic rings. The van der Waals surface area contributed by atoms with E-state index in [1.807, 2.05) is 0 Å². The number of nitrogens with zero attached hydrogens (tertiary/aromatic N) is 2. The molecule has 0 fully saturated rings. The van der Waals surface area contributed by atoms with E-state index in [2.05, 4.69) is 0 Å². The second kappa shape index (κ2) is 4.99. The highest BCUT2D eigenvalue weighted by Gasteiger charge is 2.17. The van der Waals surface area contributed by atoms with Gasteiger partial charge in [-0.25, -0.2) is 0 Å². The summed E-state index contributed by atoms with van der Waals surface area (Å²) >= 11 is 0. The van der Waals surface area contributed by atoms with Crippen LogP contribution in [0.3, 0.4) is 0 Å². The molecule has 0 aliphatic heterocycles. The summed E-state index contributed by atoms with van der Waals surface area (Å²) < 4.78 is 0. The van der Waals surface area contributed by atoms with Gasteiger partial charge in [0.25, 0.3) is 5.91 Å². The van der Waals surface area contributed by atoms with Crippen LogP contribution < -0.4 is 0 Å². The van der Waals surface area contributed by atoms with Gasteiger partial charge in [0, 0.05) is 19.7 Å². The average molecular weight is 216 g/mol. The lowest BCUT2D eigenvalue weighted by Gasteiger charge is -2.10. The molecule has 0 bridgehead atoms. The monoisotopic (exact) mass is 216 g/mol. The Bertz CT molecular complexity index is 456. The number of aliphatic hydroxyl groups excluding tert-OH is 1. The number of hydrogen-bond acceptors (Lipinski definition) is 3. The molecule has 0 radical (unpaired) electrons. The molecule has 0 aromatic heterocycles. The summed E-state index contributed by atoms with van der Waals surface area (Å²) in [5, 5.41) is 18.7. The highest BCUT2D eigenvalue weighted by atomic mass is 16.3. The van der Waals surface area contributed by atoms with Crippen LogP contribution in [0, 0.1) is 11.3 Å². The van der Waals surface area contributed by atoms with Crippen LogP contribution >= 0.6 is 0 Å². The molecule has 1 amide bonds. The van der Waals surface area contributed by atoms with Gasteiger partial charge in [0.1, 0.15) is 11.8 Å². The zero-order valence-corrected chi connectivity index (χ0v) is 9.14. The molecule has 82 valence electrons. The largest absolute Gasteiger partial charge is 0.506 e. The fourth-order valence-electron chi connectivity index (χ4n) is 1.17. The standard InChI is InChI=1S/C12H12N2O2/c1-14(2)12(16)10(8-13)11(15)9-6-4-3-5-7-9/h3-7,15H,1-2H3. The molecule has 0 aliphatic carbocycles. The van der Waals surface area contributed by atoms with Crippen molar-refractivity contribution in [1.82, 2.24) is 4.90 Å². The van der Waals surface area contributed by atoms with Gasteiger partial charge < -0.3 is 10.0 Å². The zero-order valence-electron chi connectivity index (χ0n) is 9.14. The first-order valence-electron chi connectivity index (χ1n) is 4.68. The summed E-state index contributed by atoms with van der Waals surface area (Å²) in [5.74, 6) is -0.800. The minimum Gasteiger partial charge on any atom is -0.506 e. The van der Waals surface area contributed by atoms with Crippen molar-refractivity contribution in [3.05, 3.63) is 41.5 Å². The summed E-state index contributed by atoms with van der Waals surface area (Å²) in [5.41, 5.74) is 0.199. The molecule has 0 heterocycles. The predicted octanol–water partition coefficient (Wildman–Crippen LogP) is 1.57. The van der Waals surface area contributed by atoms with Crippen LogP contribution in [0.4, 0.5) is 0 Å². The zero-order chi connectivity index (χ0) is 12.1. The molecule has 0 saturated carbocycles. The molecular weight excluding hydrogens is 204 g/mol. The van der Waals surface area contributed by atoms with Gasteiger partial charge in [-0.1, -0.05) is 30.3 Å². The quantitative estimate of drug-likeness (QED) is 0.463. The second-order valence-electron chi connectivity index (χ2n) is 3.40. The van der Waals surface area contributed by atoms with Crippen molar-refractivity contribution in [2.24, 2.45) is 0 Å². The highest BCUT2D eigenvalue weighted by Crippen LogP contribution is 2.16. The molecule has 0 unspecified atom stereocenters. The molecule has 0 saturated heterocycles. The lowest BCUT2D eigenvalue weighted by molar-refractivity contribution is -0.124. The number of benzene rings is 1. The van der Waals surface area contributed by atoms with Crippen molar-refractivity contribution in [2.75, 3.05) is 14.1 Å². The molecule has 0 atom stereocenters. The highest BCUT2D eigenvalue weighted by molar-refractivity contribution is 6.03. The Morgan fingerprint density at radius 3 is 2.31 bits per heavy atom.